The number of hydrogen-bond acceptors (Lipinski definition) is 3. The molecule has 1 amide bonds. The molecule has 2 fully saturated rings. The summed E-state index contributed by atoms with van der Waals surface area (Å²) in [6, 6.07) is 4.05. The van der Waals surface area contributed by atoms with E-state index in [2.05, 4.69) is 4.98 Å². The van der Waals surface area contributed by atoms with Gasteiger partial charge in [-0.1, -0.05) is 0 Å². The van der Waals surface area contributed by atoms with Crippen LogP contribution in [0.15, 0.2) is 18.3 Å². The molecule has 1 aromatic heterocycles. The molecule has 5 heteroatoms. The lowest BCUT2D eigenvalue weighted by molar-refractivity contribution is -0.136. The van der Waals surface area contributed by atoms with Gasteiger partial charge in [-0.15, -0.1) is 0 Å². The largest absolute Gasteiger partial charge is 0.379 e. The van der Waals surface area contributed by atoms with Crippen molar-refractivity contribution in [3.8, 4) is 0 Å². The minimum absolute atomic E-state index is 0.150. The standard InChI is InChI=1S/C13H19N3O2/c14-10-8-18-7-9(10)13(17)16-6-2-4-12(16)11-3-1-5-15-11/h1,3,5,9-10,12,15H,2,4,6-8,14H2. The molecule has 98 valence electrons. The molecule has 5 nitrogen and oxygen atoms in total. The molecular weight excluding hydrogens is 230 g/mol. The van der Waals surface area contributed by atoms with E-state index in [1.807, 2.05) is 23.2 Å². The molecule has 0 aliphatic carbocycles. The van der Waals surface area contributed by atoms with Crippen LogP contribution in [0.2, 0.25) is 0 Å². The third-order valence-electron chi connectivity index (χ3n) is 3.96. The molecule has 0 radical (unpaired) electrons. The zero-order valence-corrected chi connectivity index (χ0v) is 10.3. The highest BCUT2D eigenvalue weighted by atomic mass is 16.5. The molecule has 0 bridgehead atoms. The number of carbonyl (C=O) groups is 1. The SMILES string of the molecule is NC1COCC1C(=O)N1CCCC1c1ccc[nH]1. The van der Waals surface area contributed by atoms with Gasteiger partial charge in [0.2, 0.25) is 5.91 Å². The molecule has 3 unspecified atom stereocenters. The van der Waals surface area contributed by atoms with Gasteiger partial charge >= 0.3 is 0 Å². The van der Waals surface area contributed by atoms with Gasteiger partial charge in [-0.3, -0.25) is 4.79 Å². The second-order valence-electron chi connectivity index (χ2n) is 5.12. The Labute approximate surface area is 106 Å². The maximum absolute atomic E-state index is 12.5. The van der Waals surface area contributed by atoms with Crippen molar-refractivity contribution in [2.45, 2.75) is 24.9 Å². The Morgan fingerprint density at radius 1 is 1.50 bits per heavy atom. The van der Waals surface area contributed by atoms with Crippen molar-refractivity contribution in [2.24, 2.45) is 11.7 Å². The summed E-state index contributed by atoms with van der Waals surface area (Å²) in [5.74, 6) is -0.0161. The predicted molar refractivity (Wildman–Crippen MR) is 66.8 cm³/mol. The first kappa shape index (κ1) is 11.7. The van der Waals surface area contributed by atoms with Gasteiger partial charge in [0.25, 0.3) is 0 Å². The molecule has 0 aromatic carbocycles. The highest BCUT2D eigenvalue weighted by Gasteiger charge is 2.39. The van der Waals surface area contributed by atoms with Crippen molar-refractivity contribution in [1.82, 2.24) is 9.88 Å². The number of rotatable bonds is 2. The molecular formula is C13H19N3O2. The van der Waals surface area contributed by atoms with Crippen molar-refractivity contribution >= 4 is 5.91 Å². The Morgan fingerprint density at radius 3 is 3.06 bits per heavy atom. The maximum atomic E-state index is 12.5. The highest BCUT2D eigenvalue weighted by Crippen LogP contribution is 2.33. The molecule has 2 aliphatic heterocycles. The molecule has 3 N–H and O–H groups in total. The summed E-state index contributed by atoms with van der Waals surface area (Å²) >= 11 is 0. The monoisotopic (exact) mass is 249 g/mol. The Hall–Kier alpha value is -1.33. The van der Waals surface area contributed by atoms with E-state index in [-0.39, 0.29) is 23.9 Å². The summed E-state index contributed by atoms with van der Waals surface area (Å²) in [6.45, 7) is 1.79. The van der Waals surface area contributed by atoms with E-state index >= 15 is 0 Å². The Bertz CT molecular complexity index is 418. The van der Waals surface area contributed by atoms with Gasteiger partial charge in [-0.05, 0) is 25.0 Å². The fourth-order valence-electron chi connectivity index (χ4n) is 2.94. The smallest absolute Gasteiger partial charge is 0.230 e. The van der Waals surface area contributed by atoms with Crippen LogP contribution in [0.25, 0.3) is 0 Å². The minimum atomic E-state index is -0.166. The van der Waals surface area contributed by atoms with E-state index in [0.717, 1.165) is 25.1 Å². The van der Waals surface area contributed by atoms with Gasteiger partial charge in [0.15, 0.2) is 0 Å². The average molecular weight is 249 g/mol. The van der Waals surface area contributed by atoms with E-state index in [9.17, 15) is 4.79 Å². The number of hydrogen-bond donors (Lipinski definition) is 2. The third-order valence-corrected chi connectivity index (χ3v) is 3.96. The normalized spacial score (nSPS) is 32.1. The molecule has 0 spiro atoms. The second-order valence-corrected chi connectivity index (χ2v) is 5.12. The molecule has 3 rings (SSSR count). The topological polar surface area (TPSA) is 71.3 Å². The number of aromatic nitrogens is 1. The van der Waals surface area contributed by atoms with Crippen molar-refractivity contribution in [3.05, 3.63) is 24.0 Å². The molecule has 2 saturated heterocycles. The molecule has 3 heterocycles. The number of carbonyl (C=O) groups excluding carboxylic acids is 1. The fraction of sp³-hybridized carbons (Fsp3) is 0.615. The van der Waals surface area contributed by atoms with Crippen LogP contribution >= 0.6 is 0 Å². The van der Waals surface area contributed by atoms with Crippen molar-refractivity contribution < 1.29 is 9.53 Å². The van der Waals surface area contributed by atoms with Crippen molar-refractivity contribution in [3.63, 3.8) is 0 Å². The summed E-state index contributed by atoms with van der Waals surface area (Å²) in [5, 5.41) is 0. The number of aromatic amines is 1. The Morgan fingerprint density at radius 2 is 2.39 bits per heavy atom. The maximum Gasteiger partial charge on any atom is 0.230 e. The number of nitrogens with zero attached hydrogens (tertiary/aromatic N) is 1. The van der Waals surface area contributed by atoms with E-state index in [4.69, 9.17) is 10.5 Å². The molecule has 18 heavy (non-hydrogen) atoms. The van der Waals surface area contributed by atoms with Gasteiger partial charge in [-0.25, -0.2) is 0 Å². The Balaban J connectivity index is 1.76. The number of amides is 1. The molecule has 1 aromatic rings. The van der Waals surface area contributed by atoms with Crippen molar-refractivity contribution in [1.29, 1.82) is 0 Å². The van der Waals surface area contributed by atoms with Gasteiger partial charge in [0.05, 0.1) is 25.2 Å². The summed E-state index contributed by atoms with van der Waals surface area (Å²) in [7, 11) is 0. The molecule has 2 aliphatic rings. The van der Waals surface area contributed by atoms with Gasteiger partial charge in [-0.2, -0.15) is 0 Å². The molecule has 3 atom stereocenters. The number of H-pyrrole nitrogens is 1. The molecule has 0 saturated carbocycles. The third kappa shape index (κ3) is 1.93. The lowest BCUT2D eigenvalue weighted by Gasteiger charge is -2.27. The lowest BCUT2D eigenvalue weighted by atomic mass is 10.0. The lowest BCUT2D eigenvalue weighted by Crippen LogP contribution is -2.43. The zero-order valence-electron chi connectivity index (χ0n) is 10.3. The first-order valence-corrected chi connectivity index (χ1v) is 6.54. The van der Waals surface area contributed by atoms with E-state index in [1.165, 1.54) is 0 Å². The highest BCUT2D eigenvalue weighted by molar-refractivity contribution is 5.80. The summed E-state index contributed by atoms with van der Waals surface area (Å²) < 4.78 is 5.30. The van der Waals surface area contributed by atoms with Gasteiger partial charge < -0.3 is 20.4 Å². The number of nitrogens with two attached hydrogens (primary N) is 1. The summed E-state index contributed by atoms with van der Waals surface area (Å²) in [6.07, 6.45) is 3.98. The van der Waals surface area contributed by atoms with Crippen LogP contribution < -0.4 is 5.73 Å². The van der Waals surface area contributed by atoms with E-state index in [0.29, 0.717) is 13.2 Å². The van der Waals surface area contributed by atoms with Crippen molar-refractivity contribution in [2.75, 3.05) is 19.8 Å². The van der Waals surface area contributed by atoms with E-state index < -0.39 is 0 Å². The van der Waals surface area contributed by atoms with Crippen LogP contribution in [-0.4, -0.2) is 41.6 Å². The Kier molecular flexibility index (Phi) is 3.09. The summed E-state index contributed by atoms with van der Waals surface area (Å²) in [5.41, 5.74) is 7.05. The quantitative estimate of drug-likeness (QED) is 0.808. The predicted octanol–water partition coefficient (Wildman–Crippen LogP) is 0.652. The van der Waals surface area contributed by atoms with Crippen LogP contribution in [0.4, 0.5) is 0 Å². The number of ether oxygens (including phenoxy) is 1. The van der Waals surface area contributed by atoms with Crippen LogP contribution in [0.1, 0.15) is 24.6 Å². The number of likely N-dealkylation sites (tertiary alicyclic amines) is 1. The first-order valence-electron chi connectivity index (χ1n) is 6.54. The number of nitrogens with one attached hydrogen (secondary N) is 1. The van der Waals surface area contributed by atoms with Gasteiger partial charge in [0.1, 0.15) is 0 Å². The van der Waals surface area contributed by atoms with Crippen LogP contribution in [0.5, 0.6) is 0 Å². The average Bonchev–Trinajstić information content (AvgIpc) is 3.09. The first-order chi connectivity index (χ1) is 8.77. The minimum Gasteiger partial charge on any atom is -0.379 e. The van der Waals surface area contributed by atoms with Crippen LogP contribution in [-0.2, 0) is 9.53 Å². The van der Waals surface area contributed by atoms with Crippen LogP contribution in [0, 0.1) is 5.92 Å². The zero-order chi connectivity index (χ0) is 12.5. The second kappa shape index (κ2) is 4.74. The van der Waals surface area contributed by atoms with E-state index in [1.54, 1.807) is 0 Å². The fourth-order valence-corrected chi connectivity index (χ4v) is 2.94. The van der Waals surface area contributed by atoms with Crippen LogP contribution in [0.3, 0.4) is 0 Å². The van der Waals surface area contributed by atoms with Gasteiger partial charge in [0, 0.05) is 24.5 Å². The summed E-state index contributed by atoms with van der Waals surface area (Å²) in [4.78, 5) is 17.7.